The lowest BCUT2D eigenvalue weighted by molar-refractivity contribution is -0.132. The summed E-state index contributed by atoms with van der Waals surface area (Å²) in [5.74, 6) is 0.667. The zero-order valence-electron chi connectivity index (χ0n) is 26.1. The van der Waals surface area contributed by atoms with E-state index in [1.807, 2.05) is 17.2 Å². The Morgan fingerprint density at radius 1 is 1.16 bits per heavy atom. The predicted molar refractivity (Wildman–Crippen MR) is 171 cm³/mol. The molecule has 1 aliphatic rings. The summed E-state index contributed by atoms with van der Waals surface area (Å²) in [6.45, 7) is 12.3. The second kappa shape index (κ2) is 17.5. The van der Waals surface area contributed by atoms with Crippen molar-refractivity contribution in [2.45, 2.75) is 53.0 Å². The van der Waals surface area contributed by atoms with E-state index in [2.05, 4.69) is 61.8 Å². The van der Waals surface area contributed by atoms with E-state index in [1.54, 1.807) is 12.1 Å². The number of anilines is 1. The van der Waals surface area contributed by atoms with Gasteiger partial charge >= 0.3 is 0 Å². The highest BCUT2D eigenvalue weighted by Gasteiger charge is 2.22. The van der Waals surface area contributed by atoms with Crippen molar-refractivity contribution in [3.05, 3.63) is 59.3 Å². The fraction of sp³-hybridized carbons (Fsp3) is 0.515. The number of hydrogen-bond acceptors (Lipinski definition) is 8. The minimum Gasteiger partial charge on any atom is -0.506 e. The number of benzene rings is 2. The Labute approximate surface area is 256 Å². The molecule has 0 radical (unpaired) electrons. The molecule has 0 bridgehead atoms. The smallest absolute Gasteiger partial charge is 0.262 e. The molecule has 3 rings (SSSR count). The number of rotatable bonds is 18. The highest BCUT2D eigenvalue weighted by molar-refractivity contribution is 5.97. The van der Waals surface area contributed by atoms with Crippen molar-refractivity contribution in [3.63, 3.8) is 0 Å². The number of fused-ring (bicyclic) bond motifs is 1. The number of nitrogens with two attached hydrogens (primary N) is 1. The summed E-state index contributed by atoms with van der Waals surface area (Å²) in [7, 11) is 0. The van der Waals surface area contributed by atoms with Crippen LogP contribution in [0.1, 0.15) is 50.8 Å². The Bertz CT molecular complexity index is 1230. The normalized spacial score (nSPS) is 13.1. The number of nitrogens with one attached hydrogen (secondary N) is 3. The van der Waals surface area contributed by atoms with E-state index in [9.17, 15) is 14.7 Å². The summed E-state index contributed by atoms with van der Waals surface area (Å²) >= 11 is 0. The number of hydrogen-bond donors (Lipinski definition) is 5. The maximum atomic E-state index is 13.0. The van der Waals surface area contributed by atoms with Crippen molar-refractivity contribution in [2.75, 3.05) is 57.9 Å². The van der Waals surface area contributed by atoms with E-state index in [0.29, 0.717) is 82.2 Å². The first kappa shape index (κ1) is 33.9. The van der Waals surface area contributed by atoms with Crippen LogP contribution in [0.2, 0.25) is 0 Å². The molecule has 1 aliphatic heterocycles. The fourth-order valence-corrected chi connectivity index (χ4v) is 4.80. The van der Waals surface area contributed by atoms with E-state index in [-0.39, 0.29) is 24.2 Å². The van der Waals surface area contributed by atoms with Crippen LogP contribution in [0.3, 0.4) is 0 Å². The Morgan fingerprint density at radius 3 is 2.72 bits per heavy atom. The van der Waals surface area contributed by atoms with Gasteiger partial charge in [0.15, 0.2) is 12.4 Å². The molecule has 6 N–H and O–H groups in total. The first-order chi connectivity index (χ1) is 20.7. The largest absolute Gasteiger partial charge is 0.506 e. The monoisotopic (exact) mass is 595 g/mol. The summed E-state index contributed by atoms with van der Waals surface area (Å²) in [5, 5.41) is 19.4. The minimum absolute atomic E-state index is 0.00963. The van der Waals surface area contributed by atoms with Crippen LogP contribution >= 0.6 is 0 Å². The fourth-order valence-electron chi connectivity index (χ4n) is 4.80. The van der Waals surface area contributed by atoms with Gasteiger partial charge in [-0.25, -0.2) is 0 Å². The molecule has 2 aromatic carbocycles. The molecule has 10 nitrogen and oxygen atoms in total. The van der Waals surface area contributed by atoms with Gasteiger partial charge in [0.05, 0.1) is 19.6 Å². The van der Waals surface area contributed by atoms with Gasteiger partial charge in [-0.3, -0.25) is 9.59 Å². The van der Waals surface area contributed by atoms with Crippen molar-refractivity contribution in [2.24, 2.45) is 11.7 Å². The van der Waals surface area contributed by atoms with Crippen molar-refractivity contribution in [3.8, 4) is 11.5 Å². The van der Waals surface area contributed by atoms with E-state index in [1.165, 1.54) is 5.56 Å². The molecule has 43 heavy (non-hydrogen) atoms. The van der Waals surface area contributed by atoms with Gasteiger partial charge < -0.3 is 41.2 Å². The second-order valence-electron chi connectivity index (χ2n) is 11.5. The molecular formula is C33H49N5O5. The van der Waals surface area contributed by atoms with Crippen LogP contribution < -0.4 is 26.4 Å². The van der Waals surface area contributed by atoms with Gasteiger partial charge in [0, 0.05) is 38.4 Å². The molecule has 0 saturated carbocycles. The highest BCUT2D eigenvalue weighted by Crippen LogP contribution is 2.39. The maximum absolute atomic E-state index is 13.0. The van der Waals surface area contributed by atoms with Crippen LogP contribution in [-0.2, 0) is 27.2 Å². The number of phenolic OH excluding ortho intramolecular Hbond substituents is 1. The van der Waals surface area contributed by atoms with Gasteiger partial charge in [-0.1, -0.05) is 44.2 Å². The summed E-state index contributed by atoms with van der Waals surface area (Å²) in [6.07, 6.45) is 3.75. The average molecular weight is 596 g/mol. The molecule has 0 spiro atoms. The van der Waals surface area contributed by atoms with Crippen LogP contribution in [0.15, 0.2) is 42.6 Å². The topological polar surface area (TPSA) is 138 Å². The Balaban J connectivity index is 1.39. The quantitative estimate of drug-likeness (QED) is 0.131. The molecule has 0 fully saturated rings. The number of aromatic hydroxyl groups is 1. The lowest BCUT2D eigenvalue weighted by Crippen LogP contribution is -2.40. The summed E-state index contributed by atoms with van der Waals surface area (Å²) in [4.78, 5) is 26.5. The molecule has 0 saturated heterocycles. The van der Waals surface area contributed by atoms with Crippen LogP contribution in [0, 0.1) is 5.92 Å². The third-order valence-electron chi connectivity index (χ3n) is 7.00. The lowest BCUT2D eigenvalue weighted by Gasteiger charge is -2.25. The lowest BCUT2D eigenvalue weighted by atomic mass is 10.0. The maximum Gasteiger partial charge on any atom is 0.262 e. The first-order valence-electron chi connectivity index (χ1n) is 15.3. The van der Waals surface area contributed by atoms with Crippen molar-refractivity contribution >= 4 is 23.1 Å². The average Bonchev–Trinajstić information content (AvgIpc) is 2.97. The van der Waals surface area contributed by atoms with Crippen LogP contribution in [-0.4, -0.2) is 80.4 Å². The molecule has 10 heteroatoms. The van der Waals surface area contributed by atoms with Crippen LogP contribution in [0.25, 0.3) is 5.57 Å². The minimum atomic E-state index is -0.284. The highest BCUT2D eigenvalue weighted by atomic mass is 16.5. The molecule has 0 aromatic heterocycles. The molecule has 0 atom stereocenters. The Kier molecular flexibility index (Phi) is 13.8. The standard InChI is InChI=1S/C33H49N5O5/c1-23(2)21-38(15-14-35-13-10-26-8-9-29(39)32-33(26)43-22-30(40)37-32)31(41)12-17-42-16-11-25-6-5-7-27(18-25)28(19-34)20-36-24(3)4/h5-9,18,20,23-24,35-36,39H,10-17,19,21-22,34H2,1-4H3,(H,37,40)/b28-20+. The second-order valence-corrected chi connectivity index (χ2v) is 11.5. The van der Waals surface area contributed by atoms with Gasteiger partial charge in [-0.15, -0.1) is 0 Å². The molecule has 236 valence electrons. The summed E-state index contributed by atoms with van der Waals surface area (Å²) in [5.41, 5.74) is 10.5. The molecule has 0 aliphatic carbocycles. The zero-order chi connectivity index (χ0) is 31.2. The van der Waals surface area contributed by atoms with Crippen LogP contribution in [0.5, 0.6) is 11.5 Å². The Morgan fingerprint density at radius 2 is 1.98 bits per heavy atom. The number of nitrogens with zero attached hydrogens (tertiary/aromatic N) is 1. The molecular weight excluding hydrogens is 546 g/mol. The van der Waals surface area contributed by atoms with Gasteiger partial charge in [-0.2, -0.15) is 0 Å². The van der Waals surface area contributed by atoms with Crippen molar-refractivity contribution in [1.82, 2.24) is 15.5 Å². The summed E-state index contributed by atoms with van der Waals surface area (Å²) < 4.78 is 11.4. The molecule has 1 heterocycles. The van der Waals surface area contributed by atoms with Crippen LogP contribution in [0.4, 0.5) is 5.69 Å². The van der Waals surface area contributed by atoms with E-state index in [4.69, 9.17) is 15.2 Å². The number of carbonyl (C=O) groups excluding carboxylic acids is 2. The summed E-state index contributed by atoms with van der Waals surface area (Å²) in [6, 6.07) is 12.0. The van der Waals surface area contributed by atoms with Crippen molar-refractivity contribution in [1.29, 1.82) is 0 Å². The van der Waals surface area contributed by atoms with Gasteiger partial charge in [0.1, 0.15) is 11.4 Å². The number of amides is 2. The predicted octanol–water partition coefficient (Wildman–Crippen LogP) is 3.29. The number of carbonyl (C=O) groups is 2. The first-order valence-corrected chi connectivity index (χ1v) is 15.3. The molecule has 2 amide bonds. The third-order valence-corrected chi connectivity index (χ3v) is 7.00. The molecule has 0 unspecified atom stereocenters. The van der Waals surface area contributed by atoms with E-state index < -0.39 is 0 Å². The van der Waals surface area contributed by atoms with Gasteiger partial charge in [0.25, 0.3) is 5.91 Å². The van der Waals surface area contributed by atoms with Crippen molar-refractivity contribution < 1.29 is 24.2 Å². The van der Waals surface area contributed by atoms with Gasteiger partial charge in [-0.05, 0) is 67.5 Å². The Hall–Kier alpha value is -3.60. The van der Waals surface area contributed by atoms with Gasteiger partial charge in [0.2, 0.25) is 5.91 Å². The zero-order valence-corrected chi connectivity index (χ0v) is 26.1. The van der Waals surface area contributed by atoms with E-state index >= 15 is 0 Å². The SMILES string of the molecule is CC(C)CN(CCNCCc1ccc(O)c2c1OCC(=O)N2)C(=O)CCOCCc1cccc(/C(=C/NC(C)C)CN)c1. The molecule has 2 aromatic rings. The number of phenols is 1. The third kappa shape index (κ3) is 11.2. The number of ether oxygens (including phenoxy) is 2. The van der Waals surface area contributed by atoms with E-state index in [0.717, 1.165) is 23.1 Å².